The Hall–Kier alpha value is -4.79. The molecule has 2 bridgehead atoms. The maximum Gasteiger partial charge on any atom is 0.338 e. The Morgan fingerprint density at radius 1 is 0.767 bits per heavy atom. The minimum Gasteiger partial charge on any atom is -0.462 e. The second-order valence-corrected chi connectivity index (χ2v) is 11.5. The molecule has 1 N–H and O–H groups in total. The van der Waals surface area contributed by atoms with Crippen molar-refractivity contribution in [2.45, 2.75) is 38.6 Å². The molecule has 43 heavy (non-hydrogen) atoms. The summed E-state index contributed by atoms with van der Waals surface area (Å²) in [5, 5.41) is 2.62. The highest BCUT2D eigenvalue weighted by atomic mass is 16.5. The molecule has 0 spiro atoms. The van der Waals surface area contributed by atoms with E-state index in [1.807, 2.05) is 48.5 Å². The molecule has 9 heteroatoms. The van der Waals surface area contributed by atoms with Gasteiger partial charge in [0.1, 0.15) is 6.04 Å². The Morgan fingerprint density at radius 2 is 1.26 bits per heavy atom. The topological polar surface area (TPSA) is 119 Å². The number of carbonyl (C=O) groups excluding carboxylic acids is 5. The zero-order valence-electron chi connectivity index (χ0n) is 24.1. The van der Waals surface area contributed by atoms with Crippen LogP contribution in [0.5, 0.6) is 0 Å². The van der Waals surface area contributed by atoms with Crippen LogP contribution in [0.3, 0.4) is 0 Å². The number of imide groups is 1. The van der Waals surface area contributed by atoms with E-state index < -0.39 is 48.2 Å². The zero-order valence-corrected chi connectivity index (χ0v) is 24.1. The Morgan fingerprint density at radius 3 is 1.70 bits per heavy atom. The second-order valence-electron chi connectivity index (χ2n) is 11.5. The molecule has 0 aromatic heterocycles. The molecule has 9 nitrogen and oxygen atoms in total. The van der Waals surface area contributed by atoms with Crippen molar-refractivity contribution in [2.24, 2.45) is 17.8 Å². The Labute approximate surface area is 249 Å². The van der Waals surface area contributed by atoms with Crippen LogP contribution in [0.1, 0.15) is 65.2 Å². The summed E-state index contributed by atoms with van der Waals surface area (Å²) in [5.41, 5.74) is 4.93. The first-order chi connectivity index (χ1) is 20.7. The van der Waals surface area contributed by atoms with Gasteiger partial charge in [0.05, 0.1) is 24.0 Å². The number of likely N-dealkylation sites (tertiary alicyclic amines) is 1. The molecule has 0 radical (unpaired) electrons. The SMILES string of the molecule is CCOC(=O)c1ccc(NC(=O)COC(=O)[C@H](C(C)C)N2C(=O)[C@H]3C4c5ccccc5C(c5ccccc54)[C@@H]3C2=O)cc1. The summed E-state index contributed by atoms with van der Waals surface area (Å²) in [5.74, 6) is -4.88. The number of carbonyl (C=O) groups is 5. The van der Waals surface area contributed by atoms with Crippen molar-refractivity contribution >= 4 is 35.3 Å². The quantitative estimate of drug-likeness (QED) is 0.312. The molecule has 0 unspecified atom stereocenters. The highest BCUT2D eigenvalue weighted by Gasteiger charge is 2.63. The van der Waals surface area contributed by atoms with Gasteiger partial charge in [-0.25, -0.2) is 9.59 Å². The minimum absolute atomic E-state index is 0.248. The van der Waals surface area contributed by atoms with Gasteiger partial charge >= 0.3 is 11.9 Å². The van der Waals surface area contributed by atoms with Gasteiger partial charge in [0.15, 0.2) is 6.61 Å². The summed E-state index contributed by atoms with van der Waals surface area (Å²) in [6, 6.07) is 20.8. The third-order valence-electron chi connectivity index (χ3n) is 8.66. The molecule has 4 aliphatic rings. The van der Waals surface area contributed by atoms with Gasteiger partial charge in [-0.05, 0) is 59.4 Å². The summed E-state index contributed by atoms with van der Waals surface area (Å²) in [6.07, 6.45) is 0. The predicted octanol–water partition coefficient (Wildman–Crippen LogP) is 4.26. The number of nitrogens with one attached hydrogen (secondary N) is 1. The van der Waals surface area contributed by atoms with Gasteiger partial charge in [-0.1, -0.05) is 62.4 Å². The highest BCUT2D eigenvalue weighted by Crippen LogP contribution is 2.61. The van der Waals surface area contributed by atoms with Gasteiger partial charge in [-0.2, -0.15) is 0 Å². The lowest BCUT2D eigenvalue weighted by Crippen LogP contribution is -2.49. The monoisotopic (exact) mass is 580 g/mol. The van der Waals surface area contributed by atoms with E-state index in [2.05, 4.69) is 5.32 Å². The molecule has 3 amide bonds. The first kappa shape index (κ1) is 28.3. The molecule has 3 aliphatic carbocycles. The number of anilines is 1. The van der Waals surface area contributed by atoms with Crippen molar-refractivity contribution in [3.63, 3.8) is 0 Å². The van der Waals surface area contributed by atoms with E-state index in [1.165, 1.54) is 24.3 Å². The molecule has 1 heterocycles. The standard InChI is InChI=1S/C34H32N2O7/c1-4-42-33(40)19-13-15-20(16-14-19)35-25(37)17-43-34(41)30(18(2)3)36-31(38)28-26-21-9-5-6-10-22(21)27(29(28)32(36)39)24-12-8-7-11-23(24)26/h5-16,18,26-30H,4,17H2,1-3H3,(H,35,37)/t26?,27?,28-,29-,30-/m0/s1. The van der Waals surface area contributed by atoms with E-state index >= 15 is 0 Å². The van der Waals surface area contributed by atoms with Crippen molar-refractivity contribution in [1.82, 2.24) is 4.90 Å². The fourth-order valence-electron chi connectivity index (χ4n) is 6.97. The highest BCUT2D eigenvalue weighted by molar-refractivity contribution is 6.10. The Kier molecular flexibility index (Phi) is 7.33. The average molecular weight is 581 g/mol. The maximum atomic E-state index is 14.1. The van der Waals surface area contributed by atoms with Gasteiger partial charge in [-0.3, -0.25) is 19.3 Å². The maximum absolute atomic E-state index is 14.1. The first-order valence-corrected chi connectivity index (χ1v) is 14.5. The smallest absolute Gasteiger partial charge is 0.338 e. The Balaban J connectivity index is 1.19. The average Bonchev–Trinajstić information content (AvgIpc) is 3.26. The van der Waals surface area contributed by atoms with Crippen LogP contribution in [-0.4, -0.2) is 53.8 Å². The van der Waals surface area contributed by atoms with Crippen LogP contribution in [0.4, 0.5) is 5.69 Å². The molecule has 1 aliphatic heterocycles. The third kappa shape index (κ3) is 4.69. The van der Waals surface area contributed by atoms with Crippen LogP contribution in [-0.2, 0) is 28.7 Å². The van der Waals surface area contributed by atoms with Crippen LogP contribution in [0.15, 0.2) is 72.8 Å². The van der Waals surface area contributed by atoms with Crippen LogP contribution in [0.25, 0.3) is 0 Å². The van der Waals surface area contributed by atoms with E-state index in [9.17, 15) is 24.0 Å². The van der Waals surface area contributed by atoms with Crippen LogP contribution in [0.2, 0.25) is 0 Å². The van der Waals surface area contributed by atoms with E-state index in [-0.39, 0.29) is 30.3 Å². The number of benzene rings is 3. The van der Waals surface area contributed by atoms with Crippen molar-refractivity contribution in [2.75, 3.05) is 18.5 Å². The van der Waals surface area contributed by atoms with E-state index in [0.29, 0.717) is 11.3 Å². The lowest BCUT2D eigenvalue weighted by atomic mass is 9.55. The summed E-state index contributed by atoms with van der Waals surface area (Å²) in [7, 11) is 0. The lowest BCUT2D eigenvalue weighted by Gasteiger charge is -2.45. The number of nitrogens with zero attached hydrogens (tertiary/aromatic N) is 1. The van der Waals surface area contributed by atoms with Gasteiger partial charge in [0, 0.05) is 17.5 Å². The van der Waals surface area contributed by atoms with E-state index in [0.717, 1.165) is 27.2 Å². The van der Waals surface area contributed by atoms with Crippen molar-refractivity contribution in [3.05, 3.63) is 101 Å². The molecule has 1 saturated heterocycles. The molecule has 3 aromatic rings. The van der Waals surface area contributed by atoms with Crippen molar-refractivity contribution < 1.29 is 33.4 Å². The van der Waals surface area contributed by atoms with E-state index in [4.69, 9.17) is 9.47 Å². The largest absolute Gasteiger partial charge is 0.462 e. The molecule has 3 aromatic carbocycles. The Bertz CT molecular complexity index is 1510. The van der Waals surface area contributed by atoms with Crippen molar-refractivity contribution in [1.29, 1.82) is 0 Å². The predicted molar refractivity (Wildman–Crippen MR) is 156 cm³/mol. The van der Waals surface area contributed by atoms with Gasteiger partial charge in [0.2, 0.25) is 11.8 Å². The molecule has 220 valence electrons. The van der Waals surface area contributed by atoms with E-state index in [1.54, 1.807) is 20.8 Å². The lowest BCUT2D eigenvalue weighted by molar-refractivity contribution is -0.162. The first-order valence-electron chi connectivity index (χ1n) is 14.5. The molecule has 0 saturated carbocycles. The molecule has 1 fully saturated rings. The van der Waals surface area contributed by atoms with Crippen molar-refractivity contribution in [3.8, 4) is 0 Å². The number of esters is 2. The molecular formula is C34H32N2O7. The summed E-state index contributed by atoms with van der Waals surface area (Å²) < 4.78 is 10.3. The second kappa shape index (κ2) is 11.1. The third-order valence-corrected chi connectivity index (χ3v) is 8.66. The van der Waals surface area contributed by atoms with Gasteiger partial charge < -0.3 is 14.8 Å². The van der Waals surface area contributed by atoms with Gasteiger partial charge in [-0.15, -0.1) is 0 Å². The number of rotatable bonds is 8. The number of amides is 3. The fourth-order valence-corrected chi connectivity index (χ4v) is 6.97. The summed E-state index contributed by atoms with van der Waals surface area (Å²) in [6.45, 7) is 4.85. The van der Waals surface area contributed by atoms with Crippen LogP contribution in [0, 0.1) is 17.8 Å². The summed E-state index contributed by atoms with van der Waals surface area (Å²) in [4.78, 5) is 67.2. The zero-order chi connectivity index (χ0) is 30.4. The minimum atomic E-state index is -1.17. The van der Waals surface area contributed by atoms with Gasteiger partial charge in [0.25, 0.3) is 5.91 Å². The number of ether oxygens (including phenoxy) is 2. The number of hydrogen-bond acceptors (Lipinski definition) is 7. The number of hydrogen-bond donors (Lipinski definition) is 1. The fraction of sp³-hybridized carbons (Fsp3) is 0.324. The molecule has 7 rings (SSSR count). The normalized spacial score (nSPS) is 22.0. The van der Waals surface area contributed by atoms with Crippen LogP contribution < -0.4 is 5.32 Å². The molecule has 3 atom stereocenters. The van der Waals surface area contributed by atoms with Crippen LogP contribution >= 0.6 is 0 Å². The summed E-state index contributed by atoms with van der Waals surface area (Å²) >= 11 is 0. The molecular weight excluding hydrogens is 548 g/mol.